The fourth-order valence-corrected chi connectivity index (χ4v) is 2.03. The lowest BCUT2D eigenvalue weighted by molar-refractivity contribution is -0.122. The highest BCUT2D eigenvalue weighted by Gasteiger charge is 2.16. The second-order valence-electron chi connectivity index (χ2n) is 4.97. The molecule has 126 valence electrons. The summed E-state index contributed by atoms with van der Waals surface area (Å²) >= 11 is 0. The fraction of sp³-hybridized carbons (Fsp3) is 0.222. The van der Waals surface area contributed by atoms with Gasteiger partial charge in [0, 0.05) is 0 Å². The van der Waals surface area contributed by atoms with Gasteiger partial charge in [0.15, 0.2) is 6.10 Å². The number of amides is 1. The number of hydrogen-bond donors (Lipinski definition) is 1. The summed E-state index contributed by atoms with van der Waals surface area (Å²) < 4.78 is 15.4. The van der Waals surface area contributed by atoms with Crippen molar-refractivity contribution in [2.45, 2.75) is 13.0 Å². The molecule has 0 spiro atoms. The number of para-hydroxylation sites is 2. The van der Waals surface area contributed by atoms with Crippen LogP contribution in [0.4, 0.5) is 5.69 Å². The summed E-state index contributed by atoms with van der Waals surface area (Å²) in [4.78, 5) is 23.6. The van der Waals surface area contributed by atoms with Gasteiger partial charge in [-0.3, -0.25) is 4.79 Å². The number of hydrogen-bond acceptors (Lipinski definition) is 5. The summed E-state index contributed by atoms with van der Waals surface area (Å²) in [6.07, 6.45) is -0.723. The lowest BCUT2D eigenvalue weighted by Crippen LogP contribution is -2.30. The number of benzene rings is 2. The maximum atomic E-state index is 12.2. The van der Waals surface area contributed by atoms with Crippen LogP contribution < -0.4 is 14.8 Å². The highest BCUT2D eigenvalue weighted by molar-refractivity contribution is 5.95. The number of nitrogens with one attached hydrogen (secondary N) is 1. The molecule has 0 aromatic heterocycles. The average molecular weight is 329 g/mol. The molecule has 0 aliphatic carbocycles. The average Bonchev–Trinajstić information content (AvgIpc) is 2.62. The Kier molecular flexibility index (Phi) is 5.78. The molecule has 6 nitrogen and oxygen atoms in total. The van der Waals surface area contributed by atoms with E-state index in [9.17, 15) is 9.59 Å². The maximum absolute atomic E-state index is 12.2. The van der Waals surface area contributed by atoms with Gasteiger partial charge in [0.1, 0.15) is 11.5 Å². The van der Waals surface area contributed by atoms with Crippen molar-refractivity contribution in [1.29, 1.82) is 0 Å². The van der Waals surface area contributed by atoms with E-state index >= 15 is 0 Å². The Morgan fingerprint density at radius 3 is 2.29 bits per heavy atom. The van der Waals surface area contributed by atoms with Gasteiger partial charge >= 0.3 is 5.97 Å². The van der Waals surface area contributed by atoms with Gasteiger partial charge in [-0.15, -0.1) is 0 Å². The summed E-state index contributed by atoms with van der Waals surface area (Å²) in [7, 11) is 2.85. The summed E-state index contributed by atoms with van der Waals surface area (Å²) in [6.45, 7) is 1.64. The standard InChI is InChI=1S/C18H19NO5/c1-12(17(20)19-15-6-4-5-7-16(15)22-2)24-14-10-8-13(9-11-14)18(21)23-3/h4-12H,1-3H3,(H,19,20)/t12-/m0/s1. The minimum absolute atomic E-state index is 0.309. The molecule has 24 heavy (non-hydrogen) atoms. The van der Waals surface area contributed by atoms with Gasteiger partial charge in [0.25, 0.3) is 5.91 Å². The second-order valence-corrected chi connectivity index (χ2v) is 4.97. The molecule has 0 saturated carbocycles. The molecule has 0 radical (unpaired) electrons. The van der Waals surface area contributed by atoms with E-state index in [0.717, 1.165) is 0 Å². The molecule has 0 saturated heterocycles. The van der Waals surface area contributed by atoms with Gasteiger partial charge in [0.2, 0.25) is 0 Å². The van der Waals surface area contributed by atoms with Crippen molar-refractivity contribution in [2.24, 2.45) is 0 Å². The first-order valence-electron chi connectivity index (χ1n) is 7.34. The van der Waals surface area contributed by atoms with Crippen LogP contribution in [0.2, 0.25) is 0 Å². The van der Waals surface area contributed by atoms with E-state index in [1.54, 1.807) is 49.4 Å². The smallest absolute Gasteiger partial charge is 0.337 e. The molecule has 0 fully saturated rings. The monoisotopic (exact) mass is 329 g/mol. The first-order valence-corrected chi connectivity index (χ1v) is 7.34. The predicted octanol–water partition coefficient (Wildman–Crippen LogP) is 2.89. The Balaban J connectivity index is 2.00. The molecule has 0 bridgehead atoms. The van der Waals surface area contributed by atoms with Crippen LogP contribution in [0.1, 0.15) is 17.3 Å². The lowest BCUT2D eigenvalue weighted by atomic mass is 10.2. The maximum Gasteiger partial charge on any atom is 0.337 e. The van der Waals surface area contributed by atoms with Crippen LogP contribution in [0.15, 0.2) is 48.5 Å². The lowest BCUT2D eigenvalue weighted by Gasteiger charge is -2.16. The van der Waals surface area contributed by atoms with Crippen LogP contribution in [0, 0.1) is 0 Å². The van der Waals surface area contributed by atoms with Gasteiger partial charge in [-0.2, -0.15) is 0 Å². The molecule has 2 aromatic rings. The van der Waals surface area contributed by atoms with Gasteiger partial charge in [-0.25, -0.2) is 4.79 Å². The van der Waals surface area contributed by atoms with E-state index in [1.165, 1.54) is 14.2 Å². The quantitative estimate of drug-likeness (QED) is 0.825. The van der Waals surface area contributed by atoms with Crippen molar-refractivity contribution in [3.8, 4) is 11.5 Å². The fourth-order valence-electron chi connectivity index (χ4n) is 2.03. The Labute approximate surface area is 140 Å². The normalized spacial score (nSPS) is 11.3. The van der Waals surface area contributed by atoms with Crippen LogP contribution in [0.25, 0.3) is 0 Å². The molecule has 2 aromatic carbocycles. The van der Waals surface area contributed by atoms with Crippen LogP contribution in [-0.4, -0.2) is 32.2 Å². The second kappa shape index (κ2) is 8.01. The SMILES string of the molecule is COC(=O)c1ccc(O[C@@H](C)C(=O)Nc2ccccc2OC)cc1. The molecule has 2 rings (SSSR count). The topological polar surface area (TPSA) is 73.9 Å². The van der Waals surface area contributed by atoms with Crippen LogP contribution in [-0.2, 0) is 9.53 Å². The van der Waals surface area contributed by atoms with Crippen molar-refractivity contribution in [1.82, 2.24) is 0 Å². The third-order valence-electron chi connectivity index (χ3n) is 3.32. The number of esters is 1. The first kappa shape index (κ1) is 17.3. The molecule has 1 atom stereocenters. The van der Waals surface area contributed by atoms with Crippen molar-refractivity contribution >= 4 is 17.6 Å². The number of methoxy groups -OCH3 is 2. The third-order valence-corrected chi connectivity index (χ3v) is 3.32. The van der Waals surface area contributed by atoms with E-state index in [-0.39, 0.29) is 5.91 Å². The number of carbonyl (C=O) groups is 2. The van der Waals surface area contributed by atoms with E-state index in [0.29, 0.717) is 22.7 Å². The van der Waals surface area contributed by atoms with Crippen LogP contribution >= 0.6 is 0 Å². The number of rotatable bonds is 6. The Bertz CT molecular complexity index is 712. The molecule has 6 heteroatoms. The molecule has 0 aliphatic heterocycles. The van der Waals surface area contributed by atoms with Gasteiger partial charge in [-0.05, 0) is 43.3 Å². The molecular formula is C18H19NO5. The number of ether oxygens (including phenoxy) is 3. The largest absolute Gasteiger partial charge is 0.495 e. The highest BCUT2D eigenvalue weighted by atomic mass is 16.5. The molecule has 0 heterocycles. The predicted molar refractivity (Wildman–Crippen MR) is 89.5 cm³/mol. The van der Waals surface area contributed by atoms with Crippen molar-refractivity contribution in [3.05, 3.63) is 54.1 Å². The summed E-state index contributed by atoms with van der Waals surface area (Å²) in [6, 6.07) is 13.5. The molecular weight excluding hydrogens is 310 g/mol. The van der Waals surface area contributed by atoms with Crippen molar-refractivity contribution in [3.63, 3.8) is 0 Å². The summed E-state index contributed by atoms with van der Waals surface area (Å²) in [5.74, 6) is 0.311. The third kappa shape index (κ3) is 4.25. The van der Waals surface area contributed by atoms with E-state index in [2.05, 4.69) is 10.1 Å². The van der Waals surface area contributed by atoms with Gasteiger partial charge in [0.05, 0.1) is 25.5 Å². The molecule has 1 N–H and O–H groups in total. The van der Waals surface area contributed by atoms with Gasteiger partial charge in [-0.1, -0.05) is 12.1 Å². The first-order chi connectivity index (χ1) is 11.5. The van der Waals surface area contributed by atoms with E-state index in [1.807, 2.05) is 6.07 Å². The molecule has 1 amide bonds. The zero-order valence-corrected chi connectivity index (χ0v) is 13.7. The molecule has 0 unspecified atom stereocenters. The minimum atomic E-state index is -0.723. The minimum Gasteiger partial charge on any atom is -0.495 e. The van der Waals surface area contributed by atoms with Crippen LogP contribution in [0.3, 0.4) is 0 Å². The number of anilines is 1. The van der Waals surface area contributed by atoms with Gasteiger partial charge < -0.3 is 19.5 Å². The Morgan fingerprint density at radius 1 is 1.00 bits per heavy atom. The van der Waals surface area contributed by atoms with E-state index < -0.39 is 12.1 Å². The summed E-state index contributed by atoms with van der Waals surface area (Å²) in [5, 5.41) is 2.76. The molecule has 0 aliphatic rings. The van der Waals surface area contributed by atoms with Crippen LogP contribution in [0.5, 0.6) is 11.5 Å². The Morgan fingerprint density at radius 2 is 1.67 bits per heavy atom. The zero-order valence-electron chi connectivity index (χ0n) is 13.7. The Hall–Kier alpha value is -3.02. The number of carbonyl (C=O) groups excluding carboxylic acids is 2. The zero-order chi connectivity index (χ0) is 17.5. The summed E-state index contributed by atoms with van der Waals surface area (Å²) in [5.41, 5.74) is 0.984. The van der Waals surface area contributed by atoms with E-state index in [4.69, 9.17) is 9.47 Å². The highest BCUT2D eigenvalue weighted by Crippen LogP contribution is 2.23. The van der Waals surface area contributed by atoms with Crippen molar-refractivity contribution < 1.29 is 23.8 Å². The van der Waals surface area contributed by atoms with Crippen molar-refractivity contribution in [2.75, 3.05) is 19.5 Å².